The molecule has 0 aliphatic carbocycles. The zero-order valence-corrected chi connectivity index (χ0v) is 10.0. The molecule has 5 heteroatoms. The number of hydrogen-bond donors (Lipinski definition) is 0. The van der Waals surface area contributed by atoms with E-state index in [9.17, 15) is 4.79 Å². The Bertz CT molecular complexity index is 513. The van der Waals surface area contributed by atoms with Crippen molar-refractivity contribution in [2.24, 2.45) is 0 Å². The monoisotopic (exact) mass is 233 g/mol. The van der Waals surface area contributed by atoms with Gasteiger partial charge in [0.2, 0.25) is 5.89 Å². The molecule has 0 saturated heterocycles. The number of ketones is 1. The maximum atomic E-state index is 11.3. The molecule has 2 heterocycles. The van der Waals surface area contributed by atoms with Crippen molar-refractivity contribution in [3.05, 3.63) is 35.7 Å². The lowest BCUT2D eigenvalue weighted by atomic mass is 10.3. The molecular weight excluding hydrogens is 218 g/mol. The van der Waals surface area contributed by atoms with Gasteiger partial charge in [0.05, 0.1) is 12.2 Å². The Morgan fingerprint density at radius 1 is 1.53 bits per heavy atom. The van der Waals surface area contributed by atoms with Crippen LogP contribution in [0.4, 0.5) is 0 Å². The average Bonchev–Trinajstić information content (AvgIpc) is 2.89. The van der Waals surface area contributed by atoms with E-state index in [-0.39, 0.29) is 5.78 Å². The Labute approximate surface area is 99.4 Å². The van der Waals surface area contributed by atoms with Gasteiger partial charge in [0.15, 0.2) is 11.6 Å². The second-order valence-electron chi connectivity index (χ2n) is 3.93. The van der Waals surface area contributed by atoms with Gasteiger partial charge < -0.3 is 9.09 Å². The third-order valence-electron chi connectivity index (χ3n) is 2.48. The highest BCUT2D eigenvalue weighted by Gasteiger charge is 2.10. The van der Waals surface area contributed by atoms with Crippen molar-refractivity contribution in [1.29, 1.82) is 0 Å². The van der Waals surface area contributed by atoms with Gasteiger partial charge in [0.1, 0.15) is 0 Å². The molecule has 0 atom stereocenters. The Hall–Kier alpha value is -1.91. The highest BCUT2D eigenvalue weighted by atomic mass is 16.5. The van der Waals surface area contributed by atoms with Crippen LogP contribution in [0, 0.1) is 0 Å². The number of aryl methyl sites for hydroxylation is 1. The van der Waals surface area contributed by atoms with Crippen molar-refractivity contribution in [1.82, 2.24) is 14.7 Å². The molecule has 0 bridgehead atoms. The summed E-state index contributed by atoms with van der Waals surface area (Å²) in [6.45, 7) is 4.07. The second kappa shape index (κ2) is 4.95. The quantitative estimate of drug-likeness (QED) is 0.742. The highest BCUT2D eigenvalue weighted by Crippen LogP contribution is 2.07. The van der Waals surface area contributed by atoms with Crippen molar-refractivity contribution < 1.29 is 9.32 Å². The van der Waals surface area contributed by atoms with Crippen LogP contribution in [-0.4, -0.2) is 20.5 Å². The van der Waals surface area contributed by atoms with E-state index in [0.717, 1.165) is 12.8 Å². The first-order valence-corrected chi connectivity index (χ1v) is 5.68. The number of carbonyl (C=O) groups excluding carboxylic acids is 1. The predicted molar refractivity (Wildman–Crippen MR) is 61.8 cm³/mol. The van der Waals surface area contributed by atoms with E-state index in [1.807, 2.05) is 16.8 Å². The van der Waals surface area contributed by atoms with Crippen molar-refractivity contribution >= 4 is 5.78 Å². The Kier molecular flexibility index (Phi) is 3.37. The molecule has 0 spiro atoms. The van der Waals surface area contributed by atoms with Gasteiger partial charge in [0.25, 0.3) is 0 Å². The summed E-state index contributed by atoms with van der Waals surface area (Å²) in [6.07, 6.45) is 3.61. The van der Waals surface area contributed by atoms with Gasteiger partial charge in [-0.25, -0.2) is 0 Å². The smallest absolute Gasteiger partial charge is 0.226 e. The van der Waals surface area contributed by atoms with Crippen LogP contribution in [0.3, 0.4) is 0 Å². The number of hydrogen-bond acceptors (Lipinski definition) is 4. The number of carbonyl (C=O) groups is 1. The summed E-state index contributed by atoms with van der Waals surface area (Å²) in [5, 5.41) is 3.89. The van der Waals surface area contributed by atoms with E-state index < -0.39 is 0 Å². The van der Waals surface area contributed by atoms with E-state index in [1.54, 1.807) is 13.0 Å². The topological polar surface area (TPSA) is 60.9 Å². The van der Waals surface area contributed by atoms with Gasteiger partial charge >= 0.3 is 0 Å². The Balaban J connectivity index is 2.14. The summed E-state index contributed by atoms with van der Waals surface area (Å²) in [6, 6.07) is 3.62. The lowest BCUT2D eigenvalue weighted by molar-refractivity contribution is 0.100. The number of rotatable bonds is 5. The summed E-state index contributed by atoms with van der Waals surface area (Å²) in [4.78, 5) is 15.6. The maximum Gasteiger partial charge on any atom is 0.226 e. The van der Waals surface area contributed by atoms with Crippen LogP contribution in [0.2, 0.25) is 0 Å². The first-order valence-electron chi connectivity index (χ1n) is 5.68. The van der Waals surface area contributed by atoms with E-state index in [1.165, 1.54) is 0 Å². The van der Waals surface area contributed by atoms with Crippen molar-refractivity contribution in [3.63, 3.8) is 0 Å². The van der Waals surface area contributed by atoms with Gasteiger partial charge in [0, 0.05) is 19.5 Å². The van der Waals surface area contributed by atoms with Crippen LogP contribution in [0.15, 0.2) is 22.9 Å². The number of Topliss-reactive ketones (excluding diaryl/α,β-unsaturated/α-hetero) is 1. The van der Waals surface area contributed by atoms with Crippen LogP contribution in [-0.2, 0) is 13.0 Å². The molecule has 0 N–H and O–H groups in total. The maximum absolute atomic E-state index is 11.3. The predicted octanol–water partition coefficient (Wildman–Crippen LogP) is 2.07. The van der Waals surface area contributed by atoms with E-state index in [2.05, 4.69) is 17.1 Å². The molecule has 0 saturated carbocycles. The summed E-state index contributed by atoms with van der Waals surface area (Å²) >= 11 is 0. The normalized spacial score (nSPS) is 10.7. The lowest BCUT2D eigenvalue weighted by Gasteiger charge is -2.02. The lowest BCUT2D eigenvalue weighted by Crippen LogP contribution is -2.07. The van der Waals surface area contributed by atoms with Crippen LogP contribution in [0.5, 0.6) is 0 Å². The minimum atomic E-state index is 0.0345. The summed E-state index contributed by atoms with van der Waals surface area (Å²) in [5.74, 6) is 1.29. The minimum absolute atomic E-state index is 0.0345. The standard InChI is InChI=1S/C12H15N3O2/c1-3-5-12-13-11(14-17-12)8-15-7-4-6-10(15)9(2)16/h4,6-7H,3,5,8H2,1-2H3. The summed E-state index contributed by atoms with van der Waals surface area (Å²) < 4.78 is 6.92. The molecule has 5 nitrogen and oxygen atoms in total. The fourth-order valence-electron chi connectivity index (χ4n) is 1.69. The molecule has 0 fully saturated rings. The molecule has 0 unspecified atom stereocenters. The number of nitrogens with zero attached hydrogens (tertiary/aromatic N) is 3. The summed E-state index contributed by atoms with van der Waals surface area (Å²) in [5.41, 5.74) is 0.659. The largest absolute Gasteiger partial charge is 0.339 e. The molecule has 0 aliphatic rings. The average molecular weight is 233 g/mol. The molecule has 2 aromatic rings. The fourth-order valence-corrected chi connectivity index (χ4v) is 1.69. The van der Waals surface area contributed by atoms with Gasteiger partial charge in [-0.15, -0.1) is 0 Å². The second-order valence-corrected chi connectivity index (χ2v) is 3.93. The Morgan fingerprint density at radius 2 is 2.35 bits per heavy atom. The van der Waals surface area contributed by atoms with E-state index in [0.29, 0.717) is 24.0 Å². The van der Waals surface area contributed by atoms with Crippen molar-refractivity contribution in [2.75, 3.05) is 0 Å². The van der Waals surface area contributed by atoms with Gasteiger partial charge in [-0.05, 0) is 18.6 Å². The molecule has 2 rings (SSSR count). The highest BCUT2D eigenvalue weighted by molar-refractivity contribution is 5.92. The first-order chi connectivity index (χ1) is 8.20. The van der Waals surface area contributed by atoms with Gasteiger partial charge in [-0.2, -0.15) is 4.98 Å². The van der Waals surface area contributed by atoms with Crippen molar-refractivity contribution in [2.45, 2.75) is 33.2 Å². The van der Waals surface area contributed by atoms with Crippen LogP contribution in [0.1, 0.15) is 42.5 Å². The molecule has 0 aliphatic heterocycles. The SMILES string of the molecule is CCCc1nc(Cn2cccc2C(C)=O)no1. The molecular formula is C12H15N3O2. The Morgan fingerprint density at radius 3 is 3.06 bits per heavy atom. The third-order valence-corrected chi connectivity index (χ3v) is 2.48. The number of aromatic nitrogens is 3. The van der Waals surface area contributed by atoms with Gasteiger partial charge in [-0.1, -0.05) is 12.1 Å². The van der Waals surface area contributed by atoms with Crippen molar-refractivity contribution in [3.8, 4) is 0 Å². The first kappa shape index (κ1) is 11.6. The van der Waals surface area contributed by atoms with Crippen LogP contribution < -0.4 is 0 Å². The van der Waals surface area contributed by atoms with Crippen LogP contribution >= 0.6 is 0 Å². The molecule has 90 valence electrons. The molecule has 0 amide bonds. The van der Waals surface area contributed by atoms with Gasteiger partial charge in [-0.3, -0.25) is 4.79 Å². The van der Waals surface area contributed by atoms with E-state index >= 15 is 0 Å². The molecule has 0 aromatic carbocycles. The molecule has 0 radical (unpaired) electrons. The molecule has 17 heavy (non-hydrogen) atoms. The zero-order valence-electron chi connectivity index (χ0n) is 10.0. The summed E-state index contributed by atoms with van der Waals surface area (Å²) in [7, 11) is 0. The van der Waals surface area contributed by atoms with E-state index in [4.69, 9.17) is 4.52 Å². The third kappa shape index (κ3) is 2.61. The van der Waals surface area contributed by atoms with Crippen LogP contribution in [0.25, 0.3) is 0 Å². The zero-order chi connectivity index (χ0) is 12.3. The fraction of sp³-hybridized carbons (Fsp3) is 0.417. The molecule has 2 aromatic heterocycles. The minimum Gasteiger partial charge on any atom is -0.339 e.